The summed E-state index contributed by atoms with van der Waals surface area (Å²) in [6.45, 7) is 2.18. The van der Waals surface area contributed by atoms with Crippen LogP contribution in [0.5, 0.6) is 0 Å². The number of hydrogen-bond donors (Lipinski definition) is 2. The number of aryl methyl sites for hydroxylation is 1. The van der Waals surface area contributed by atoms with Crippen molar-refractivity contribution in [3.8, 4) is 0 Å². The summed E-state index contributed by atoms with van der Waals surface area (Å²) in [4.78, 5) is 10.1. The first-order valence-corrected chi connectivity index (χ1v) is 7.00. The molecular formula is C10H15N3O4S. The van der Waals surface area contributed by atoms with Crippen LogP contribution < -0.4 is 10.5 Å². The summed E-state index contributed by atoms with van der Waals surface area (Å²) in [6.07, 6.45) is 0.384. The molecule has 0 saturated heterocycles. The lowest BCUT2D eigenvalue weighted by Gasteiger charge is -2.08. The molecule has 3 N–H and O–H groups in total. The monoisotopic (exact) mass is 273 g/mol. The average Bonchev–Trinajstić information content (AvgIpc) is 2.24. The highest BCUT2D eigenvalue weighted by atomic mass is 32.2. The number of sulfonamides is 1. The number of hydrogen-bond acceptors (Lipinski definition) is 5. The van der Waals surface area contributed by atoms with Crippen LogP contribution >= 0.6 is 0 Å². The van der Waals surface area contributed by atoms with Gasteiger partial charge in [-0.1, -0.05) is 0 Å². The fraction of sp³-hybridized carbons (Fsp3) is 0.400. The molecule has 0 spiro atoms. The van der Waals surface area contributed by atoms with E-state index in [1.54, 1.807) is 13.0 Å². The molecule has 0 unspecified atom stereocenters. The maximum Gasteiger partial charge on any atom is 0.269 e. The number of benzene rings is 1. The standard InChI is InChI=1S/C10H15N3O4S/c1-8-7-9(13(14)15)3-4-10(8)12-5-2-6-18(11,16)17/h3-4,7,12H,2,5-6H2,1H3,(H2,11,16,17). The van der Waals surface area contributed by atoms with Gasteiger partial charge in [0.25, 0.3) is 5.69 Å². The third-order valence-corrected chi connectivity index (χ3v) is 3.20. The van der Waals surface area contributed by atoms with E-state index in [1.807, 2.05) is 0 Å². The van der Waals surface area contributed by atoms with E-state index < -0.39 is 14.9 Å². The Kier molecular flexibility index (Phi) is 4.62. The lowest BCUT2D eigenvalue weighted by Crippen LogP contribution is -2.18. The molecule has 0 aliphatic heterocycles. The van der Waals surface area contributed by atoms with Gasteiger partial charge in [0.15, 0.2) is 0 Å². The molecule has 0 heterocycles. The normalized spacial score (nSPS) is 11.2. The van der Waals surface area contributed by atoms with Gasteiger partial charge in [-0.25, -0.2) is 13.6 Å². The topological polar surface area (TPSA) is 115 Å². The fourth-order valence-electron chi connectivity index (χ4n) is 1.46. The van der Waals surface area contributed by atoms with Crippen LogP contribution in [0.25, 0.3) is 0 Å². The van der Waals surface area contributed by atoms with Gasteiger partial charge in [-0.15, -0.1) is 0 Å². The Labute approximate surface area is 105 Å². The Balaban J connectivity index is 2.56. The van der Waals surface area contributed by atoms with E-state index in [0.29, 0.717) is 13.0 Å². The van der Waals surface area contributed by atoms with E-state index >= 15 is 0 Å². The van der Waals surface area contributed by atoms with E-state index in [1.165, 1.54) is 12.1 Å². The van der Waals surface area contributed by atoms with E-state index in [-0.39, 0.29) is 11.4 Å². The van der Waals surface area contributed by atoms with Gasteiger partial charge < -0.3 is 5.32 Å². The second kappa shape index (κ2) is 5.78. The summed E-state index contributed by atoms with van der Waals surface area (Å²) in [5.41, 5.74) is 1.51. The van der Waals surface area contributed by atoms with Crippen molar-refractivity contribution in [2.24, 2.45) is 5.14 Å². The van der Waals surface area contributed by atoms with E-state index in [9.17, 15) is 18.5 Å². The Morgan fingerprint density at radius 3 is 2.61 bits per heavy atom. The summed E-state index contributed by atoms with van der Waals surface area (Å²) in [7, 11) is -3.44. The number of nitrogens with two attached hydrogens (primary N) is 1. The van der Waals surface area contributed by atoms with Crippen molar-refractivity contribution in [2.45, 2.75) is 13.3 Å². The molecule has 100 valence electrons. The number of nitro benzene ring substituents is 1. The van der Waals surface area contributed by atoms with Gasteiger partial charge in [-0.2, -0.15) is 0 Å². The van der Waals surface area contributed by atoms with Crippen LogP contribution in [0, 0.1) is 17.0 Å². The minimum atomic E-state index is -3.44. The molecule has 0 saturated carbocycles. The minimum absolute atomic E-state index is 0.0302. The maximum atomic E-state index is 10.7. The molecule has 1 rings (SSSR count). The van der Waals surface area contributed by atoms with Crippen molar-refractivity contribution >= 4 is 21.4 Å². The molecule has 0 aromatic heterocycles. The molecule has 0 atom stereocenters. The molecule has 7 nitrogen and oxygen atoms in total. The third kappa shape index (κ3) is 4.68. The van der Waals surface area contributed by atoms with Crippen LogP contribution in [0.3, 0.4) is 0 Å². The zero-order valence-corrected chi connectivity index (χ0v) is 10.7. The van der Waals surface area contributed by atoms with Crippen molar-refractivity contribution in [3.63, 3.8) is 0 Å². The first-order valence-electron chi connectivity index (χ1n) is 5.29. The first-order chi connectivity index (χ1) is 8.29. The summed E-state index contributed by atoms with van der Waals surface area (Å²) >= 11 is 0. The Morgan fingerprint density at radius 2 is 2.11 bits per heavy atom. The quantitative estimate of drug-likeness (QED) is 0.455. The molecule has 18 heavy (non-hydrogen) atoms. The fourth-order valence-corrected chi connectivity index (χ4v) is 2.00. The zero-order valence-electron chi connectivity index (χ0n) is 9.92. The van der Waals surface area contributed by atoms with Gasteiger partial charge in [-0.3, -0.25) is 10.1 Å². The SMILES string of the molecule is Cc1cc([N+](=O)[O-])ccc1NCCCS(N)(=O)=O. The summed E-state index contributed by atoms with van der Waals surface area (Å²) < 4.78 is 21.4. The van der Waals surface area contributed by atoms with Gasteiger partial charge in [-0.05, 0) is 25.0 Å². The summed E-state index contributed by atoms with van der Waals surface area (Å²) in [5.74, 6) is -0.0912. The van der Waals surface area contributed by atoms with Gasteiger partial charge >= 0.3 is 0 Å². The van der Waals surface area contributed by atoms with Crippen molar-refractivity contribution in [3.05, 3.63) is 33.9 Å². The number of nitrogens with one attached hydrogen (secondary N) is 1. The second-order valence-electron chi connectivity index (χ2n) is 3.90. The van der Waals surface area contributed by atoms with Crippen LogP contribution in [-0.4, -0.2) is 25.6 Å². The van der Waals surface area contributed by atoms with E-state index in [2.05, 4.69) is 5.32 Å². The van der Waals surface area contributed by atoms with Crippen LogP contribution in [0.15, 0.2) is 18.2 Å². The third-order valence-electron chi connectivity index (χ3n) is 2.34. The lowest BCUT2D eigenvalue weighted by molar-refractivity contribution is -0.384. The summed E-state index contributed by atoms with van der Waals surface area (Å²) in [6, 6.07) is 4.46. The highest BCUT2D eigenvalue weighted by Crippen LogP contribution is 2.20. The highest BCUT2D eigenvalue weighted by molar-refractivity contribution is 7.89. The molecule has 1 aromatic carbocycles. The molecule has 8 heteroatoms. The number of nitro groups is 1. The van der Waals surface area contributed by atoms with E-state index in [4.69, 9.17) is 5.14 Å². The molecule has 0 aliphatic rings. The molecule has 0 fully saturated rings. The molecule has 0 amide bonds. The van der Waals surface area contributed by atoms with Crippen LogP contribution in [-0.2, 0) is 10.0 Å². The van der Waals surface area contributed by atoms with Crippen molar-refractivity contribution in [1.82, 2.24) is 0 Å². The molecular weight excluding hydrogens is 258 g/mol. The van der Waals surface area contributed by atoms with Crippen molar-refractivity contribution in [2.75, 3.05) is 17.6 Å². The van der Waals surface area contributed by atoms with Gasteiger partial charge in [0, 0.05) is 24.4 Å². The lowest BCUT2D eigenvalue weighted by atomic mass is 10.2. The van der Waals surface area contributed by atoms with Gasteiger partial charge in [0.05, 0.1) is 10.7 Å². The predicted octanol–water partition coefficient (Wildman–Crippen LogP) is 0.994. The number of nitrogens with zero attached hydrogens (tertiary/aromatic N) is 1. The van der Waals surface area contributed by atoms with Crippen LogP contribution in [0.4, 0.5) is 11.4 Å². The first kappa shape index (κ1) is 14.4. The second-order valence-corrected chi connectivity index (χ2v) is 5.64. The minimum Gasteiger partial charge on any atom is -0.385 e. The van der Waals surface area contributed by atoms with Gasteiger partial charge in [0.2, 0.25) is 10.0 Å². The van der Waals surface area contributed by atoms with Crippen molar-refractivity contribution in [1.29, 1.82) is 0 Å². The number of non-ortho nitro benzene ring substituents is 1. The Hall–Kier alpha value is -1.67. The predicted molar refractivity (Wildman–Crippen MR) is 68.9 cm³/mol. The van der Waals surface area contributed by atoms with Crippen molar-refractivity contribution < 1.29 is 13.3 Å². The molecule has 0 radical (unpaired) electrons. The average molecular weight is 273 g/mol. The van der Waals surface area contributed by atoms with Gasteiger partial charge in [0.1, 0.15) is 0 Å². The largest absolute Gasteiger partial charge is 0.385 e. The molecule has 0 bridgehead atoms. The molecule has 0 aliphatic carbocycles. The summed E-state index contributed by atoms with van der Waals surface area (Å²) in [5, 5.41) is 18.4. The van der Waals surface area contributed by atoms with Crippen LogP contribution in [0.1, 0.15) is 12.0 Å². The number of rotatable bonds is 6. The molecule has 1 aromatic rings. The van der Waals surface area contributed by atoms with Crippen LogP contribution in [0.2, 0.25) is 0 Å². The maximum absolute atomic E-state index is 10.7. The number of primary sulfonamides is 1. The highest BCUT2D eigenvalue weighted by Gasteiger charge is 2.08. The zero-order chi connectivity index (χ0) is 13.8. The Bertz CT molecular complexity index is 542. The van der Waals surface area contributed by atoms with E-state index in [0.717, 1.165) is 11.3 Å². The number of anilines is 1. The Morgan fingerprint density at radius 1 is 1.44 bits per heavy atom. The smallest absolute Gasteiger partial charge is 0.269 e.